The van der Waals surface area contributed by atoms with Crippen molar-refractivity contribution in [1.29, 1.82) is 0 Å². The SMILES string of the molecule is CCCCCCC=CCC(O)CC(=O)OC. The molecule has 0 saturated heterocycles. The van der Waals surface area contributed by atoms with E-state index >= 15 is 0 Å². The first kappa shape index (κ1) is 15.2. The van der Waals surface area contributed by atoms with Crippen molar-refractivity contribution in [3.8, 4) is 0 Å². The molecule has 1 N–H and O–H groups in total. The molecule has 0 aliphatic heterocycles. The second-order valence-corrected chi connectivity index (χ2v) is 3.99. The molecule has 3 heteroatoms. The van der Waals surface area contributed by atoms with Gasteiger partial charge >= 0.3 is 5.97 Å². The standard InChI is InChI=1S/C13H24O3/c1-3-4-5-6-7-8-9-10-12(14)11-13(15)16-2/h8-9,12,14H,3-7,10-11H2,1-2H3. The zero-order chi connectivity index (χ0) is 12.2. The quantitative estimate of drug-likeness (QED) is 0.375. The van der Waals surface area contributed by atoms with E-state index in [1.807, 2.05) is 6.08 Å². The summed E-state index contributed by atoms with van der Waals surface area (Å²) in [7, 11) is 1.33. The Balaban J connectivity index is 3.40. The van der Waals surface area contributed by atoms with Crippen molar-refractivity contribution in [2.75, 3.05) is 7.11 Å². The number of hydrogen-bond donors (Lipinski definition) is 1. The van der Waals surface area contributed by atoms with Gasteiger partial charge in [-0.05, 0) is 19.3 Å². The molecular formula is C13H24O3. The van der Waals surface area contributed by atoms with Crippen LogP contribution in [0.3, 0.4) is 0 Å². The lowest BCUT2D eigenvalue weighted by Gasteiger charge is -2.05. The molecule has 0 aliphatic rings. The Morgan fingerprint density at radius 1 is 1.31 bits per heavy atom. The minimum Gasteiger partial charge on any atom is -0.469 e. The fraction of sp³-hybridized carbons (Fsp3) is 0.769. The van der Waals surface area contributed by atoms with E-state index in [0.29, 0.717) is 6.42 Å². The van der Waals surface area contributed by atoms with Crippen LogP contribution in [0.2, 0.25) is 0 Å². The van der Waals surface area contributed by atoms with Crippen molar-refractivity contribution in [2.45, 2.75) is 58.0 Å². The van der Waals surface area contributed by atoms with Crippen LogP contribution in [0.15, 0.2) is 12.2 Å². The van der Waals surface area contributed by atoms with E-state index in [4.69, 9.17) is 0 Å². The van der Waals surface area contributed by atoms with Gasteiger partial charge in [-0.3, -0.25) is 4.79 Å². The van der Waals surface area contributed by atoms with Crippen molar-refractivity contribution in [3.05, 3.63) is 12.2 Å². The number of unbranched alkanes of at least 4 members (excludes halogenated alkanes) is 4. The Bertz CT molecular complexity index is 199. The molecule has 0 aromatic heterocycles. The van der Waals surface area contributed by atoms with Gasteiger partial charge in [0.05, 0.1) is 19.6 Å². The molecule has 0 saturated carbocycles. The second kappa shape index (κ2) is 10.7. The van der Waals surface area contributed by atoms with E-state index in [1.165, 1.54) is 32.8 Å². The molecule has 0 fully saturated rings. The van der Waals surface area contributed by atoms with Crippen LogP contribution >= 0.6 is 0 Å². The van der Waals surface area contributed by atoms with Crippen LogP contribution in [0, 0.1) is 0 Å². The molecule has 0 aromatic carbocycles. The number of carbonyl (C=O) groups excluding carboxylic acids is 1. The average Bonchev–Trinajstić information content (AvgIpc) is 2.27. The Labute approximate surface area is 98.5 Å². The number of aliphatic hydroxyl groups excluding tert-OH is 1. The molecule has 0 rings (SSSR count). The average molecular weight is 228 g/mol. The summed E-state index contributed by atoms with van der Waals surface area (Å²) in [4.78, 5) is 10.8. The Morgan fingerprint density at radius 3 is 2.69 bits per heavy atom. The summed E-state index contributed by atoms with van der Waals surface area (Å²) in [5.41, 5.74) is 0. The zero-order valence-electron chi connectivity index (χ0n) is 10.4. The molecule has 1 atom stereocenters. The molecule has 1 unspecified atom stereocenters. The topological polar surface area (TPSA) is 46.5 Å². The molecule has 94 valence electrons. The largest absolute Gasteiger partial charge is 0.469 e. The molecule has 0 aromatic rings. The first-order valence-corrected chi connectivity index (χ1v) is 6.10. The predicted octanol–water partition coefficient (Wildman–Crippen LogP) is 2.83. The van der Waals surface area contributed by atoms with Gasteiger partial charge in [0.25, 0.3) is 0 Å². The van der Waals surface area contributed by atoms with Gasteiger partial charge in [-0.25, -0.2) is 0 Å². The van der Waals surface area contributed by atoms with Gasteiger partial charge in [0.15, 0.2) is 0 Å². The van der Waals surface area contributed by atoms with Crippen molar-refractivity contribution >= 4 is 5.97 Å². The van der Waals surface area contributed by atoms with Crippen molar-refractivity contribution in [2.24, 2.45) is 0 Å². The van der Waals surface area contributed by atoms with E-state index in [-0.39, 0.29) is 12.4 Å². The van der Waals surface area contributed by atoms with Crippen molar-refractivity contribution in [1.82, 2.24) is 0 Å². The van der Waals surface area contributed by atoms with Gasteiger partial charge in [-0.2, -0.15) is 0 Å². The summed E-state index contributed by atoms with van der Waals surface area (Å²) in [6.07, 6.45) is 10.1. The van der Waals surface area contributed by atoms with Crippen LogP contribution in [-0.4, -0.2) is 24.3 Å². The molecule has 0 heterocycles. The maximum atomic E-state index is 10.8. The predicted molar refractivity (Wildman–Crippen MR) is 65.2 cm³/mol. The molecule has 0 radical (unpaired) electrons. The number of hydrogen-bond acceptors (Lipinski definition) is 3. The van der Waals surface area contributed by atoms with Crippen molar-refractivity contribution < 1.29 is 14.6 Å². The minimum absolute atomic E-state index is 0.0800. The third-order valence-electron chi connectivity index (χ3n) is 2.43. The Kier molecular flexibility index (Phi) is 10.1. The molecular weight excluding hydrogens is 204 g/mol. The van der Waals surface area contributed by atoms with E-state index in [0.717, 1.165) is 6.42 Å². The van der Waals surface area contributed by atoms with Crippen LogP contribution in [0.5, 0.6) is 0 Å². The van der Waals surface area contributed by atoms with E-state index in [1.54, 1.807) is 0 Å². The fourth-order valence-electron chi connectivity index (χ4n) is 1.42. The van der Waals surface area contributed by atoms with E-state index in [9.17, 15) is 9.90 Å². The number of methoxy groups -OCH3 is 1. The molecule has 0 bridgehead atoms. The van der Waals surface area contributed by atoms with Crippen LogP contribution in [0.4, 0.5) is 0 Å². The molecule has 16 heavy (non-hydrogen) atoms. The number of carbonyl (C=O) groups is 1. The summed E-state index contributed by atoms with van der Waals surface area (Å²) in [5.74, 6) is -0.358. The lowest BCUT2D eigenvalue weighted by molar-refractivity contribution is -0.142. The molecule has 0 amide bonds. The third-order valence-corrected chi connectivity index (χ3v) is 2.43. The van der Waals surface area contributed by atoms with Gasteiger partial charge in [-0.1, -0.05) is 38.3 Å². The monoisotopic (exact) mass is 228 g/mol. The summed E-state index contributed by atoms with van der Waals surface area (Å²) in [6, 6.07) is 0. The van der Waals surface area contributed by atoms with Gasteiger partial charge in [-0.15, -0.1) is 0 Å². The van der Waals surface area contributed by atoms with Gasteiger partial charge < -0.3 is 9.84 Å². The highest BCUT2D eigenvalue weighted by atomic mass is 16.5. The normalized spacial score (nSPS) is 12.9. The number of rotatable bonds is 9. The van der Waals surface area contributed by atoms with Crippen LogP contribution in [0.1, 0.15) is 51.9 Å². The number of esters is 1. The Morgan fingerprint density at radius 2 is 2.06 bits per heavy atom. The van der Waals surface area contributed by atoms with Crippen LogP contribution in [0.25, 0.3) is 0 Å². The number of allylic oxidation sites excluding steroid dienone is 1. The Hall–Kier alpha value is -0.830. The summed E-state index contributed by atoms with van der Waals surface area (Å²) in [6.45, 7) is 2.19. The van der Waals surface area contributed by atoms with Gasteiger partial charge in [0.2, 0.25) is 0 Å². The van der Waals surface area contributed by atoms with Crippen LogP contribution < -0.4 is 0 Å². The fourth-order valence-corrected chi connectivity index (χ4v) is 1.42. The zero-order valence-corrected chi connectivity index (χ0v) is 10.4. The lowest BCUT2D eigenvalue weighted by Crippen LogP contribution is -2.13. The van der Waals surface area contributed by atoms with Crippen LogP contribution in [-0.2, 0) is 9.53 Å². The van der Waals surface area contributed by atoms with Gasteiger partial charge in [0.1, 0.15) is 0 Å². The maximum Gasteiger partial charge on any atom is 0.308 e. The summed E-state index contributed by atoms with van der Waals surface area (Å²) in [5, 5.41) is 9.44. The smallest absolute Gasteiger partial charge is 0.308 e. The highest BCUT2D eigenvalue weighted by Crippen LogP contribution is 2.05. The molecule has 0 spiro atoms. The minimum atomic E-state index is -0.612. The number of ether oxygens (including phenoxy) is 1. The van der Waals surface area contributed by atoms with Gasteiger partial charge in [0, 0.05) is 0 Å². The maximum absolute atomic E-state index is 10.8. The summed E-state index contributed by atoms with van der Waals surface area (Å²) < 4.78 is 4.47. The lowest BCUT2D eigenvalue weighted by atomic mass is 10.1. The first-order valence-electron chi connectivity index (χ1n) is 6.10. The van der Waals surface area contributed by atoms with E-state index in [2.05, 4.69) is 17.7 Å². The number of aliphatic hydroxyl groups is 1. The second-order valence-electron chi connectivity index (χ2n) is 3.99. The van der Waals surface area contributed by atoms with E-state index < -0.39 is 6.10 Å². The third kappa shape index (κ3) is 9.71. The summed E-state index contributed by atoms with van der Waals surface area (Å²) >= 11 is 0. The molecule has 0 aliphatic carbocycles. The molecule has 3 nitrogen and oxygen atoms in total. The highest BCUT2D eigenvalue weighted by Gasteiger charge is 2.08. The first-order chi connectivity index (χ1) is 7.70. The highest BCUT2D eigenvalue weighted by molar-refractivity contribution is 5.69. The van der Waals surface area contributed by atoms with Crippen molar-refractivity contribution in [3.63, 3.8) is 0 Å².